The maximum absolute atomic E-state index is 11.9. The molecule has 1 amide bonds. The number of aliphatic hydroxyl groups is 1. The third-order valence-corrected chi connectivity index (χ3v) is 3.46. The number of hydrogen-bond donors (Lipinski definition) is 3. The van der Waals surface area contributed by atoms with Gasteiger partial charge in [-0.1, -0.05) is 5.16 Å². The van der Waals surface area contributed by atoms with Crippen molar-refractivity contribution in [3.63, 3.8) is 0 Å². The van der Waals surface area contributed by atoms with E-state index in [2.05, 4.69) is 20.8 Å². The summed E-state index contributed by atoms with van der Waals surface area (Å²) in [6.07, 6.45) is 3.63. The van der Waals surface area contributed by atoms with E-state index < -0.39 is 0 Å². The van der Waals surface area contributed by atoms with Gasteiger partial charge in [0, 0.05) is 24.4 Å². The van der Waals surface area contributed by atoms with Gasteiger partial charge in [-0.3, -0.25) is 4.79 Å². The van der Waals surface area contributed by atoms with Crippen molar-refractivity contribution in [2.45, 2.75) is 13.0 Å². The summed E-state index contributed by atoms with van der Waals surface area (Å²) in [6, 6.07) is 8.80. The minimum absolute atomic E-state index is 0.0567. The van der Waals surface area contributed by atoms with Crippen LogP contribution in [0.15, 0.2) is 51.8 Å². The van der Waals surface area contributed by atoms with Gasteiger partial charge in [-0.25, -0.2) is 0 Å². The molecule has 8 heteroatoms. The highest BCUT2D eigenvalue weighted by Gasteiger charge is 2.09. The zero-order valence-electron chi connectivity index (χ0n) is 13.4. The minimum Gasteiger partial charge on any atom is -0.472 e. The molecule has 3 N–H and O–H groups in total. The van der Waals surface area contributed by atoms with Gasteiger partial charge < -0.3 is 24.7 Å². The average molecular weight is 342 g/mol. The molecule has 0 fully saturated rings. The number of nitrogens with zero attached hydrogens (tertiary/aromatic N) is 2. The summed E-state index contributed by atoms with van der Waals surface area (Å²) in [5, 5.41) is 18.5. The van der Waals surface area contributed by atoms with Crippen molar-refractivity contribution in [2.24, 2.45) is 0 Å². The first kappa shape index (κ1) is 16.7. The van der Waals surface area contributed by atoms with Crippen LogP contribution in [-0.2, 0) is 6.54 Å². The predicted octanol–water partition coefficient (Wildman–Crippen LogP) is 2.05. The Hall–Kier alpha value is -3.13. The summed E-state index contributed by atoms with van der Waals surface area (Å²) < 4.78 is 10.2. The maximum Gasteiger partial charge on any atom is 0.251 e. The molecule has 0 bridgehead atoms. The van der Waals surface area contributed by atoms with Crippen LogP contribution in [0.25, 0.3) is 11.4 Å². The largest absolute Gasteiger partial charge is 0.472 e. The molecule has 0 saturated heterocycles. The maximum atomic E-state index is 11.9. The summed E-state index contributed by atoms with van der Waals surface area (Å²) in [5.41, 5.74) is 2.14. The highest BCUT2D eigenvalue weighted by atomic mass is 16.5. The lowest BCUT2D eigenvalue weighted by atomic mass is 10.2. The Kier molecular flexibility index (Phi) is 5.43. The SMILES string of the molecule is O=C(NCCCO)c1ccc(NCc2nc(-c3ccoc3)no2)cc1. The molecule has 130 valence electrons. The van der Waals surface area contributed by atoms with Crippen molar-refractivity contribution in [3.8, 4) is 11.4 Å². The number of benzene rings is 1. The highest BCUT2D eigenvalue weighted by Crippen LogP contribution is 2.16. The number of furan rings is 1. The van der Waals surface area contributed by atoms with Gasteiger partial charge in [-0.2, -0.15) is 4.98 Å². The van der Waals surface area contributed by atoms with Crippen LogP contribution in [0.1, 0.15) is 22.7 Å². The van der Waals surface area contributed by atoms with Crippen molar-refractivity contribution in [3.05, 3.63) is 54.3 Å². The molecule has 0 radical (unpaired) electrons. The molecule has 0 unspecified atom stereocenters. The van der Waals surface area contributed by atoms with E-state index in [9.17, 15) is 4.79 Å². The third-order valence-electron chi connectivity index (χ3n) is 3.46. The number of carbonyl (C=O) groups excluding carboxylic acids is 1. The number of aliphatic hydroxyl groups excluding tert-OH is 1. The molecule has 3 aromatic rings. The summed E-state index contributed by atoms with van der Waals surface area (Å²) in [6.45, 7) is 0.875. The van der Waals surface area contributed by atoms with Crippen molar-refractivity contribution in [2.75, 3.05) is 18.5 Å². The Morgan fingerprint density at radius 1 is 1.20 bits per heavy atom. The molecule has 1 aromatic carbocycles. The number of rotatable bonds is 8. The molecule has 3 rings (SSSR count). The normalized spacial score (nSPS) is 10.6. The first-order valence-electron chi connectivity index (χ1n) is 7.84. The Morgan fingerprint density at radius 3 is 2.76 bits per heavy atom. The summed E-state index contributed by atoms with van der Waals surface area (Å²) in [7, 11) is 0. The fraction of sp³-hybridized carbons (Fsp3) is 0.235. The van der Waals surface area contributed by atoms with Crippen molar-refractivity contribution in [1.82, 2.24) is 15.5 Å². The van der Waals surface area contributed by atoms with Crippen LogP contribution in [0.5, 0.6) is 0 Å². The van der Waals surface area contributed by atoms with Crippen LogP contribution in [0.3, 0.4) is 0 Å². The second kappa shape index (κ2) is 8.11. The Balaban J connectivity index is 1.53. The van der Waals surface area contributed by atoms with Crippen LogP contribution in [-0.4, -0.2) is 34.3 Å². The van der Waals surface area contributed by atoms with Crippen LogP contribution in [0.2, 0.25) is 0 Å². The van der Waals surface area contributed by atoms with E-state index >= 15 is 0 Å². The van der Waals surface area contributed by atoms with E-state index in [1.54, 1.807) is 42.9 Å². The van der Waals surface area contributed by atoms with E-state index in [1.807, 2.05) is 0 Å². The second-order valence-corrected chi connectivity index (χ2v) is 5.29. The van der Waals surface area contributed by atoms with Gasteiger partial charge in [0.2, 0.25) is 11.7 Å². The smallest absolute Gasteiger partial charge is 0.251 e. The van der Waals surface area contributed by atoms with E-state index in [4.69, 9.17) is 14.0 Å². The molecule has 0 aliphatic rings. The van der Waals surface area contributed by atoms with Crippen LogP contribution in [0.4, 0.5) is 5.69 Å². The average Bonchev–Trinajstić information content (AvgIpc) is 3.32. The molecular weight excluding hydrogens is 324 g/mol. The summed E-state index contributed by atoms with van der Waals surface area (Å²) in [4.78, 5) is 16.1. The zero-order chi connectivity index (χ0) is 17.5. The Morgan fingerprint density at radius 2 is 2.04 bits per heavy atom. The van der Waals surface area contributed by atoms with Crippen LogP contribution < -0.4 is 10.6 Å². The first-order valence-corrected chi connectivity index (χ1v) is 7.84. The van der Waals surface area contributed by atoms with Crippen LogP contribution in [0, 0.1) is 0 Å². The van der Waals surface area contributed by atoms with E-state index in [-0.39, 0.29) is 12.5 Å². The summed E-state index contributed by atoms with van der Waals surface area (Å²) >= 11 is 0. The van der Waals surface area contributed by atoms with Gasteiger partial charge in [0.1, 0.15) is 6.26 Å². The van der Waals surface area contributed by atoms with E-state index in [0.717, 1.165) is 11.3 Å². The van der Waals surface area contributed by atoms with Crippen molar-refractivity contribution in [1.29, 1.82) is 0 Å². The van der Waals surface area contributed by atoms with Crippen molar-refractivity contribution >= 4 is 11.6 Å². The van der Waals surface area contributed by atoms with Gasteiger partial charge in [0.05, 0.1) is 18.4 Å². The molecule has 2 aromatic heterocycles. The first-order chi connectivity index (χ1) is 12.3. The lowest BCUT2D eigenvalue weighted by molar-refractivity contribution is 0.0951. The molecule has 0 saturated carbocycles. The molecular formula is C17H18N4O4. The van der Waals surface area contributed by atoms with Crippen LogP contribution >= 0.6 is 0 Å². The van der Waals surface area contributed by atoms with Gasteiger partial charge in [-0.15, -0.1) is 0 Å². The molecule has 0 spiro atoms. The predicted molar refractivity (Wildman–Crippen MR) is 89.8 cm³/mol. The third kappa shape index (κ3) is 4.45. The molecule has 2 heterocycles. The second-order valence-electron chi connectivity index (χ2n) is 5.29. The fourth-order valence-corrected chi connectivity index (χ4v) is 2.14. The standard InChI is InChI=1S/C17H18N4O4/c22-8-1-7-18-17(23)12-2-4-14(5-3-12)19-10-15-20-16(21-25-15)13-6-9-24-11-13/h2-6,9,11,19,22H,1,7-8,10H2,(H,18,23). The number of amides is 1. The summed E-state index contributed by atoms with van der Waals surface area (Å²) in [5.74, 6) is 0.754. The molecule has 0 atom stereocenters. The van der Waals surface area contributed by atoms with Gasteiger partial charge >= 0.3 is 0 Å². The quantitative estimate of drug-likeness (QED) is 0.537. The lowest BCUT2D eigenvalue weighted by Crippen LogP contribution is -2.24. The topological polar surface area (TPSA) is 113 Å². The monoisotopic (exact) mass is 342 g/mol. The lowest BCUT2D eigenvalue weighted by Gasteiger charge is -2.06. The van der Waals surface area contributed by atoms with E-state index in [0.29, 0.717) is 36.8 Å². The number of carbonyl (C=O) groups is 1. The van der Waals surface area contributed by atoms with Gasteiger partial charge in [0.25, 0.3) is 5.91 Å². The molecule has 8 nitrogen and oxygen atoms in total. The number of anilines is 1. The van der Waals surface area contributed by atoms with Gasteiger partial charge in [-0.05, 0) is 36.8 Å². The van der Waals surface area contributed by atoms with E-state index in [1.165, 1.54) is 0 Å². The Bertz CT molecular complexity index is 796. The number of hydrogen-bond acceptors (Lipinski definition) is 7. The molecule has 25 heavy (non-hydrogen) atoms. The van der Waals surface area contributed by atoms with Gasteiger partial charge in [0.15, 0.2) is 0 Å². The Labute approximate surface area is 143 Å². The minimum atomic E-state index is -0.165. The fourth-order valence-electron chi connectivity index (χ4n) is 2.14. The number of aromatic nitrogens is 2. The molecule has 0 aliphatic heterocycles. The number of nitrogens with one attached hydrogen (secondary N) is 2. The zero-order valence-corrected chi connectivity index (χ0v) is 13.4. The highest BCUT2D eigenvalue weighted by molar-refractivity contribution is 5.94. The molecule has 0 aliphatic carbocycles. The van der Waals surface area contributed by atoms with Crippen molar-refractivity contribution < 1.29 is 18.8 Å².